The van der Waals surface area contributed by atoms with Crippen molar-refractivity contribution in [2.45, 2.75) is 70.6 Å². The highest BCUT2D eigenvalue weighted by molar-refractivity contribution is 6.12. The summed E-state index contributed by atoms with van der Waals surface area (Å²) in [4.78, 5) is 22.5. The summed E-state index contributed by atoms with van der Waals surface area (Å²) in [5.41, 5.74) is 3.41. The molecule has 2 unspecified atom stereocenters. The molecule has 0 radical (unpaired) electrons. The zero-order valence-electron chi connectivity index (χ0n) is 20.2. The number of piperidine rings is 1. The lowest BCUT2D eigenvalue weighted by atomic mass is 9.96. The number of rotatable bonds is 8. The van der Waals surface area contributed by atoms with Gasteiger partial charge in [-0.1, -0.05) is 24.3 Å². The van der Waals surface area contributed by atoms with E-state index in [1.165, 1.54) is 6.07 Å². The molecule has 3 heterocycles. The fraction of sp³-hybridized carbons (Fsp3) is 0.481. The number of aryl methyl sites for hydroxylation is 2. The van der Waals surface area contributed by atoms with Crippen molar-refractivity contribution in [2.75, 3.05) is 11.5 Å². The molecule has 1 aliphatic carbocycles. The maximum atomic E-state index is 11.5. The van der Waals surface area contributed by atoms with Gasteiger partial charge in [0, 0.05) is 34.8 Å². The second kappa shape index (κ2) is 9.41. The van der Waals surface area contributed by atoms with E-state index >= 15 is 0 Å². The maximum absolute atomic E-state index is 11.5. The number of carboxylic acid groups (broad SMARTS) is 1. The molecule has 0 amide bonds. The van der Waals surface area contributed by atoms with Crippen LogP contribution < -0.4 is 4.90 Å². The number of hydrogen-bond donors (Lipinski definition) is 3. The fourth-order valence-corrected chi connectivity index (χ4v) is 5.46. The first-order valence-corrected chi connectivity index (χ1v) is 12.4. The fourth-order valence-electron chi connectivity index (χ4n) is 5.46. The Hall–Kier alpha value is -3.26. The minimum atomic E-state index is -1.05. The summed E-state index contributed by atoms with van der Waals surface area (Å²) >= 11 is 0. The Labute approximate surface area is 205 Å². The quantitative estimate of drug-likeness (QED) is 0.376. The van der Waals surface area contributed by atoms with Crippen molar-refractivity contribution < 1.29 is 19.7 Å². The van der Waals surface area contributed by atoms with Crippen LogP contribution in [0.2, 0.25) is 0 Å². The van der Waals surface area contributed by atoms with Crippen LogP contribution in [-0.4, -0.2) is 56.7 Å². The summed E-state index contributed by atoms with van der Waals surface area (Å²) < 4.78 is 6.36. The molecule has 3 N–H and O–H groups in total. The van der Waals surface area contributed by atoms with E-state index in [1.807, 2.05) is 31.2 Å². The summed E-state index contributed by atoms with van der Waals surface area (Å²) in [5, 5.41) is 29.1. The number of carbonyl (C=O) groups is 1. The molecule has 1 aromatic heterocycles. The highest BCUT2D eigenvalue weighted by atomic mass is 16.5. The predicted molar refractivity (Wildman–Crippen MR) is 132 cm³/mol. The van der Waals surface area contributed by atoms with Crippen molar-refractivity contribution in [3.63, 3.8) is 0 Å². The summed E-state index contributed by atoms with van der Waals surface area (Å²) in [6.07, 6.45) is 5.44. The Balaban J connectivity index is 1.31. The molecule has 2 saturated heterocycles. The van der Waals surface area contributed by atoms with Gasteiger partial charge < -0.3 is 19.8 Å². The molecule has 5 rings (SSSR count). The standard InChI is InChI=1S/C27H32N4O4/c1-15-5-3-4-6-21(15)24(28)22(25(32)17-7-8-17)14-35-20-12-18-9-10-19(13-20)31(18)27-29-16(2)11-23(30-27)26(33)34/h3-6,11,17-20,28,32H,7-10,12-14H2,1-2H3,(H,33,34)/b25-22-,28-24?/t18-,19?,20?/m0/s1. The number of benzene rings is 1. The van der Waals surface area contributed by atoms with E-state index in [4.69, 9.17) is 10.1 Å². The zero-order valence-corrected chi connectivity index (χ0v) is 20.2. The van der Waals surface area contributed by atoms with Crippen LogP contribution in [0.15, 0.2) is 41.7 Å². The third-order valence-corrected chi connectivity index (χ3v) is 7.44. The molecule has 2 aromatic rings. The molecule has 1 saturated carbocycles. The van der Waals surface area contributed by atoms with Crippen LogP contribution in [0.25, 0.3) is 0 Å². The molecule has 8 nitrogen and oxygen atoms in total. The molecular weight excluding hydrogens is 444 g/mol. The van der Waals surface area contributed by atoms with E-state index in [0.29, 0.717) is 28.7 Å². The number of fused-ring (bicyclic) bond motifs is 2. The second-order valence-electron chi connectivity index (χ2n) is 10.0. The highest BCUT2D eigenvalue weighted by Gasteiger charge is 2.43. The second-order valence-corrected chi connectivity index (χ2v) is 10.0. The van der Waals surface area contributed by atoms with Crippen molar-refractivity contribution in [2.24, 2.45) is 5.92 Å². The summed E-state index contributed by atoms with van der Waals surface area (Å²) in [5.74, 6) is -0.124. The molecule has 3 aliphatic rings. The molecule has 3 atom stereocenters. The number of aromatic nitrogens is 2. The molecule has 0 spiro atoms. The molecular formula is C27H32N4O4. The van der Waals surface area contributed by atoms with Crippen LogP contribution in [0.5, 0.6) is 0 Å². The SMILES string of the molecule is Cc1cc(C(=O)O)nc(N2C3CC[C@H]2CC(OC/C(C(=N)c2ccccc2C)=C(/O)C2CC2)C3)n1. The number of carboxylic acids is 1. The molecule has 1 aromatic carbocycles. The Morgan fingerprint density at radius 1 is 1.09 bits per heavy atom. The van der Waals surface area contributed by atoms with Gasteiger partial charge in [-0.15, -0.1) is 0 Å². The van der Waals surface area contributed by atoms with Gasteiger partial charge in [-0.25, -0.2) is 14.8 Å². The van der Waals surface area contributed by atoms with Gasteiger partial charge in [0.15, 0.2) is 5.69 Å². The normalized spacial score (nSPS) is 24.3. The predicted octanol–water partition coefficient (Wildman–Crippen LogP) is 4.60. The molecule has 184 valence electrons. The number of nitrogens with one attached hydrogen (secondary N) is 1. The van der Waals surface area contributed by atoms with Gasteiger partial charge in [-0.2, -0.15) is 0 Å². The van der Waals surface area contributed by atoms with Crippen molar-refractivity contribution in [3.8, 4) is 0 Å². The number of ether oxygens (including phenoxy) is 1. The number of aliphatic hydroxyl groups is 1. The van der Waals surface area contributed by atoms with Crippen molar-refractivity contribution in [1.82, 2.24) is 9.97 Å². The Morgan fingerprint density at radius 2 is 1.77 bits per heavy atom. The minimum Gasteiger partial charge on any atom is -0.512 e. The van der Waals surface area contributed by atoms with E-state index in [9.17, 15) is 15.0 Å². The average molecular weight is 477 g/mol. The average Bonchev–Trinajstić information content (AvgIpc) is 3.64. The topological polar surface area (TPSA) is 120 Å². The first kappa shape index (κ1) is 23.5. The summed E-state index contributed by atoms with van der Waals surface area (Å²) in [6.45, 7) is 3.98. The maximum Gasteiger partial charge on any atom is 0.354 e. The van der Waals surface area contributed by atoms with Gasteiger partial charge >= 0.3 is 5.97 Å². The van der Waals surface area contributed by atoms with Crippen LogP contribution in [0, 0.1) is 25.2 Å². The minimum absolute atomic E-state index is 0.000762. The van der Waals surface area contributed by atoms with Crippen LogP contribution in [-0.2, 0) is 4.74 Å². The summed E-state index contributed by atoms with van der Waals surface area (Å²) in [7, 11) is 0. The first-order valence-electron chi connectivity index (χ1n) is 12.4. The first-order chi connectivity index (χ1) is 16.8. The lowest BCUT2D eigenvalue weighted by Crippen LogP contribution is -2.46. The number of anilines is 1. The van der Waals surface area contributed by atoms with Crippen molar-refractivity contribution >= 4 is 17.6 Å². The number of hydrogen-bond acceptors (Lipinski definition) is 7. The molecule has 35 heavy (non-hydrogen) atoms. The highest BCUT2D eigenvalue weighted by Crippen LogP contribution is 2.40. The van der Waals surface area contributed by atoms with E-state index in [0.717, 1.165) is 49.7 Å². The lowest BCUT2D eigenvalue weighted by Gasteiger charge is -2.39. The van der Waals surface area contributed by atoms with E-state index in [1.54, 1.807) is 6.92 Å². The van der Waals surface area contributed by atoms with Gasteiger partial charge in [0.2, 0.25) is 5.95 Å². The zero-order chi connectivity index (χ0) is 24.7. The number of nitrogens with zero attached hydrogens (tertiary/aromatic N) is 3. The van der Waals surface area contributed by atoms with Crippen LogP contribution in [0.4, 0.5) is 5.95 Å². The van der Waals surface area contributed by atoms with Crippen LogP contribution in [0.3, 0.4) is 0 Å². The Bertz CT molecular complexity index is 1180. The van der Waals surface area contributed by atoms with Crippen molar-refractivity contribution in [3.05, 3.63) is 64.2 Å². The van der Waals surface area contributed by atoms with Gasteiger partial charge in [-0.05, 0) is 64.0 Å². The van der Waals surface area contributed by atoms with Crippen LogP contribution >= 0.6 is 0 Å². The third kappa shape index (κ3) is 4.80. The van der Waals surface area contributed by atoms with E-state index in [2.05, 4.69) is 14.9 Å². The lowest BCUT2D eigenvalue weighted by molar-refractivity contribution is 0.0406. The van der Waals surface area contributed by atoms with Gasteiger partial charge in [-0.3, -0.25) is 5.41 Å². The smallest absolute Gasteiger partial charge is 0.354 e. The molecule has 3 fully saturated rings. The molecule has 2 aliphatic heterocycles. The van der Waals surface area contributed by atoms with Crippen LogP contribution in [0.1, 0.15) is 65.8 Å². The Kier molecular flexibility index (Phi) is 6.32. The number of aromatic carboxylic acids is 1. The summed E-state index contributed by atoms with van der Waals surface area (Å²) in [6, 6.07) is 9.63. The van der Waals surface area contributed by atoms with Gasteiger partial charge in [0.1, 0.15) is 5.76 Å². The molecule has 2 bridgehead atoms. The number of allylic oxidation sites excluding steroid dienone is 1. The third-order valence-electron chi connectivity index (χ3n) is 7.44. The van der Waals surface area contributed by atoms with Crippen molar-refractivity contribution in [1.29, 1.82) is 5.41 Å². The number of aliphatic hydroxyl groups excluding tert-OH is 1. The Morgan fingerprint density at radius 3 is 2.40 bits per heavy atom. The van der Waals surface area contributed by atoms with E-state index < -0.39 is 5.97 Å². The molecule has 8 heteroatoms. The van der Waals surface area contributed by atoms with Gasteiger partial charge in [0.05, 0.1) is 18.4 Å². The largest absolute Gasteiger partial charge is 0.512 e. The van der Waals surface area contributed by atoms with E-state index in [-0.39, 0.29) is 36.4 Å². The monoisotopic (exact) mass is 476 g/mol. The van der Waals surface area contributed by atoms with Gasteiger partial charge in [0.25, 0.3) is 0 Å².